The van der Waals surface area contributed by atoms with Gasteiger partial charge in [-0.2, -0.15) is 0 Å². The van der Waals surface area contributed by atoms with Gasteiger partial charge in [-0.15, -0.1) is 0 Å². The van der Waals surface area contributed by atoms with E-state index in [0.717, 1.165) is 24.2 Å². The lowest BCUT2D eigenvalue weighted by molar-refractivity contribution is -0.0726. The molecule has 0 spiro atoms. The molecule has 0 bridgehead atoms. The highest BCUT2D eigenvalue weighted by Gasteiger charge is 2.33. The van der Waals surface area contributed by atoms with E-state index in [1.165, 1.54) is 0 Å². The molecule has 88 valence electrons. The molecule has 5 heteroatoms. The lowest BCUT2D eigenvalue weighted by Gasteiger charge is -2.42. The van der Waals surface area contributed by atoms with Crippen molar-refractivity contribution in [2.75, 3.05) is 23.3 Å². The lowest BCUT2D eigenvalue weighted by Crippen LogP contribution is -2.53. The fourth-order valence-corrected chi connectivity index (χ4v) is 2.36. The maximum absolute atomic E-state index is 5.94. The summed E-state index contributed by atoms with van der Waals surface area (Å²) in [5, 5.41) is 0.845. The Morgan fingerprint density at radius 1 is 1.62 bits per heavy atom. The number of hydrogen-bond donors (Lipinski definition) is 0. The van der Waals surface area contributed by atoms with Gasteiger partial charge in [0.2, 0.25) is 0 Å². The Hall–Kier alpha value is -0.680. The van der Waals surface area contributed by atoms with Crippen molar-refractivity contribution >= 4 is 21.7 Å². The molecule has 1 saturated heterocycles. The van der Waals surface area contributed by atoms with Crippen LogP contribution >= 0.6 is 15.9 Å². The molecule has 1 aromatic heterocycles. The molecule has 0 amide bonds. The van der Waals surface area contributed by atoms with E-state index in [1.54, 1.807) is 12.5 Å². The second-order valence-corrected chi connectivity index (χ2v) is 5.25. The number of alkyl halides is 1. The van der Waals surface area contributed by atoms with Gasteiger partial charge in [0.25, 0.3) is 0 Å². The first-order valence-electron chi connectivity index (χ1n) is 5.35. The predicted molar refractivity (Wildman–Crippen MR) is 67.0 cm³/mol. The highest BCUT2D eigenvalue weighted by molar-refractivity contribution is 9.09. The normalized spacial score (nSPS) is 24.4. The van der Waals surface area contributed by atoms with E-state index in [1.807, 2.05) is 6.07 Å². The Morgan fingerprint density at radius 3 is 3.06 bits per heavy atom. The van der Waals surface area contributed by atoms with Gasteiger partial charge in [0.1, 0.15) is 12.1 Å². The van der Waals surface area contributed by atoms with Crippen LogP contribution in [-0.4, -0.2) is 40.1 Å². The van der Waals surface area contributed by atoms with Crippen LogP contribution in [0.25, 0.3) is 0 Å². The van der Waals surface area contributed by atoms with Gasteiger partial charge in [0, 0.05) is 24.6 Å². The van der Waals surface area contributed by atoms with Crippen LogP contribution in [-0.2, 0) is 4.74 Å². The molecule has 1 aliphatic heterocycles. The van der Waals surface area contributed by atoms with Gasteiger partial charge < -0.3 is 9.64 Å². The monoisotopic (exact) mass is 285 g/mol. The molecule has 1 fully saturated rings. The summed E-state index contributed by atoms with van der Waals surface area (Å²) < 4.78 is 5.94. The first kappa shape index (κ1) is 11.8. The first-order chi connectivity index (χ1) is 7.61. The minimum Gasteiger partial charge on any atom is -0.368 e. The zero-order valence-corrected chi connectivity index (χ0v) is 11.1. The number of hydrogen-bond acceptors (Lipinski definition) is 4. The highest BCUT2D eigenvalue weighted by atomic mass is 79.9. The molecule has 1 aliphatic rings. The third kappa shape index (κ3) is 2.71. The van der Waals surface area contributed by atoms with Crippen molar-refractivity contribution in [3.05, 3.63) is 18.6 Å². The summed E-state index contributed by atoms with van der Waals surface area (Å²) >= 11 is 3.48. The molecule has 1 aromatic rings. The number of nitrogens with zero attached hydrogens (tertiary/aromatic N) is 3. The van der Waals surface area contributed by atoms with Gasteiger partial charge in [0.05, 0.1) is 11.7 Å². The highest BCUT2D eigenvalue weighted by Crippen LogP contribution is 2.25. The predicted octanol–water partition coefficient (Wildman–Crippen LogP) is 1.86. The van der Waals surface area contributed by atoms with Gasteiger partial charge in [-0.1, -0.05) is 15.9 Å². The molecule has 0 aliphatic carbocycles. The lowest BCUT2D eigenvalue weighted by atomic mass is 10.1. The Labute approximate surface area is 104 Å². The largest absolute Gasteiger partial charge is 0.368 e. The molecule has 0 saturated carbocycles. The number of rotatable bonds is 2. The van der Waals surface area contributed by atoms with Crippen molar-refractivity contribution in [1.29, 1.82) is 0 Å². The third-order valence-corrected chi connectivity index (χ3v) is 3.27. The standard InChI is InChI=1S/C11H16BrN3O/c1-11(2)7-15(6-9(5-12)16-11)10-3-4-13-8-14-10/h3-4,8-9H,5-7H2,1-2H3. The van der Waals surface area contributed by atoms with E-state index in [4.69, 9.17) is 4.74 Å². The zero-order valence-electron chi connectivity index (χ0n) is 9.56. The zero-order chi connectivity index (χ0) is 11.6. The number of halogens is 1. The minimum atomic E-state index is -0.137. The summed E-state index contributed by atoms with van der Waals surface area (Å²) in [7, 11) is 0. The van der Waals surface area contributed by atoms with Crippen LogP contribution < -0.4 is 4.90 Å². The molecule has 1 atom stereocenters. The van der Waals surface area contributed by atoms with E-state index in [2.05, 4.69) is 44.6 Å². The summed E-state index contributed by atoms with van der Waals surface area (Å²) in [5.74, 6) is 0.970. The van der Waals surface area contributed by atoms with E-state index in [9.17, 15) is 0 Å². The minimum absolute atomic E-state index is 0.137. The topological polar surface area (TPSA) is 38.2 Å². The molecule has 0 aromatic carbocycles. The second kappa shape index (κ2) is 4.67. The Kier molecular flexibility index (Phi) is 3.44. The second-order valence-electron chi connectivity index (χ2n) is 4.60. The van der Waals surface area contributed by atoms with Crippen LogP contribution in [0.2, 0.25) is 0 Å². The molecule has 0 radical (unpaired) electrons. The van der Waals surface area contributed by atoms with Crippen LogP contribution in [0.1, 0.15) is 13.8 Å². The van der Waals surface area contributed by atoms with Gasteiger partial charge in [0.15, 0.2) is 0 Å². The summed E-state index contributed by atoms with van der Waals surface area (Å²) in [6.45, 7) is 5.94. The molecular weight excluding hydrogens is 270 g/mol. The quantitative estimate of drug-likeness (QED) is 0.778. The molecule has 0 N–H and O–H groups in total. The van der Waals surface area contributed by atoms with Gasteiger partial charge in [-0.25, -0.2) is 9.97 Å². The van der Waals surface area contributed by atoms with Gasteiger partial charge in [-0.3, -0.25) is 0 Å². The smallest absolute Gasteiger partial charge is 0.132 e. The maximum atomic E-state index is 5.94. The van der Waals surface area contributed by atoms with Gasteiger partial charge >= 0.3 is 0 Å². The number of ether oxygens (including phenoxy) is 1. The van der Waals surface area contributed by atoms with Crippen molar-refractivity contribution < 1.29 is 4.74 Å². The molecular formula is C11H16BrN3O. The SMILES string of the molecule is CC1(C)CN(c2ccncn2)CC(CBr)O1. The number of aromatic nitrogens is 2. The van der Waals surface area contributed by atoms with Crippen LogP contribution in [0.3, 0.4) is 0 Å². The molecule has 1 unspecified atom stereocenters. The van der Waals surface area contributed by atoms with Crippen molar-refractivity contribution in [3.63, 3.8) is 0 Å². The van der Waals surface area contributed by atoms with Crippen LogP contribution in [0.5, 0.6) is 0 Å². The molecule has 2 heterocycles. The van der Waals surface area contributed by atoms with E-state index >= 15 is 0 Å². The number of anilines is 1. The molecule has 4 nitrogen and oxygen atoms in total. The van der Waals surface area contributed by atoms with Crippen molar-refractivity contribution in [1.82, 2.24) is 9.97 Å². The average Bonchev–Trinajstić information content (AvgIpc) is 2.28. The van der Waals surface area contributed by atoms with E-state index in [-0.39, 0.29) is 11.7 Å². The summed E-state index contributed by atoms with van der Waals surface area (Å²) in [5.41, 5.74) is -0.137. The Morgan fingerprint density at radius 2 is 2.44 bits per heavy atom. The van der Waals surface area contributed by atoms with Crippen LogP contribution in [0.15, 0.2) is 18.6 Å². The maximum Gasteiger partial charge on any atom is 0.132 e. The number of morpholine rings is 1. The van der Waals surface area contributed by atoms with E-state index in [0.29, 0.717) is 0 Å². The molecule has 2 rings (SSSR count). The van der Waals surface area contributed by atoms with Crippen LogP contribution in [0, 0.1) is 0 Å². The first-order valence-corrected chi connectivity index (χ1v) is 6.47. The summed E-state index contributed by atoms with van der Waals surface area (Å²) in [6, 6.07) is 1.94. The van der Waals surface area contributed by atoms with Crippen molar-refractivity contribution in [2.45, 2.75) is 25.6 Å². The van der Waals surface area contributed by atoms with Crippen LogP contribution in [0.4, 0.5) is 5.82 Å². The van der Waals surface area contributed by atoms with Crippen molar-refractivity contribution in [2.24, 2.45) is 0 Å². The molecule has 16 heavy (non-hydrogen) atoms. The Bertz CT molecular complexity index is 344. The third-order valence-electron chi connectivity index (χ3n) is 2.54. The fourth-order valence-electron chi connectivity index (χ4n) is 2.02. The van der Waals surface area contributed by atoms with Crippen molar-refractivity contribution in [3.8, 4) is 0 Å². The summed E-state index contributed by atoms with van der Waals surface area (Å²) in [6.07, 6.45) is 3.56. The van der Waals surface area contributed by atoms with E-state index < -0.39 is 0 Å². The summed E-state index contributed by atoms with van der Waals surface area (Å²) in [4.78, 5) is 10.5. The average molecular weight is 286 g/mol. The van der Waals surface area contributed by atoms with Gasteiger partial charge in [-0.05, 0) is 19.9 Å². The Balaban J connectivity index is 2.16. The fraction of sp³-hybridized carbons (Fsp3) is 0.636.